The van der Waals surface area contributed by atoms with E-state index in [4.69, 9.17) is 9.47 Å². The molecular weight excluding hydrogens is 334 g/mol. The Kier molecular flexibility index (Phi) is 5.11. The van der Waals surface area contributed by atoms with E-state index >= 15 is 0 Å². The number of benzene rings is 1. The summed E-state index contributed by atoms with van der Waals surface area (Å²) in [4.78, 5) is 14.0. The lowest BCUT2D eigenvalue weighted by Crippen LogP contribution is -2.41. The van der Waals surface area contributed by atoms with Crippen LogP contribution in [0.4, 0.5) is 4.79 Å². The number of rotatable bonds is 3. The van der Waals surface area contributed by atoms with E-state index in [1.165, 1.54) is 0 Å². The minimum Gasteiger partial charge on any atom is -0.497 e. The summed E-state index contributed by atoms with van der Waals surface area (Å²) in [6.45, 7) is 6.89. The molecule has 8 heteroatoms. The Balaban J connectivity index is 1.67. The average Bonchev–Trinajstić information content (AvgIpc) is 3.10. The molecular formula is C18H25N5O3. The first kappa shape index (κ1) is 18.2. The van der Waals surface area contributed by atoms with Crippen molar-refractivity contribution in [1.29, 1.82) is 0 Å². The van der Waals surface area contributed by atoms with Gasteiger partial charge in [-0.1, -0.05) is 0 Å². The highest BCUT2D eigenvalue weighted by Gasteiger charge is 2.30. The highest BCUT2D eigenvalue weighted by molar-refractivity contribution is 5.68. The minimum absolute atomic E-state index is 0.200. The average molecular weight is 359 g/mol. The topological polar surface area (TPSA) is 82.4 Å². The summed E-state index contributed by atoms with van der Waals surface area (Å²) in [6.07, 6.45) is 1.34. The van der Waals surface area contributed by atoms with Crippen LogP contribution in [0.5, 0.6) is 5.75 Å². The van der Waals surface area contributed by atoms with Gasteiger partial charge in [0.05, 0.1) is 12.8 Å². The van der Waals surface area contributed by atoms with Crippen LogP contribution in [-0.4, -0.2) is 57.0 Å². The molecule has 1 aliphatic heterocycles. The van der Waals surface area contributed by atoms with E-state index in [-0.39, 0.29) is 12.0 Å². The van der Waals surface area contributed by atoms with Crippen molar-refractivity contribution in [3.05, 3.63) is 30.1 Å². The first-order valence-electron chi connectivity index (χ1n) is 8.78. The molecule has 26 heavy (non-hydrogen) atoms. The van der Waals surface area contributed by atoms with Crippen molar-refractivity contribution in [2.24, 2.45) is 0 Å². The van der Waals surface area contributed by atoms with Gasteiger partial charge in [-0.15, -0.1) is 5.10 Å². The highest BCUT2D eigenvalue weighted by Crippen LogP contribution is 2.28. The Morgan fingerprint density at radius 2 is 1.81 bits per heavy atom. The molecule has 0 radical (unpaired) electrons. The lowest BCUT2D eigenvalue weighted by molar-refractivity contribution is 0.0202. The second-order valence-electron chi connectivity index (χ2n) is 7.39. The van der Waals surface area contributed by atoms with Gasteiger partial charge in [0.15, 0.2) is 5.82 Å². The van der Waals surface area contributed by atoms with Gasteiger partial charge in [0, 0.05) is 19.0 Å². The molecule has 0 unspecified atom stereocenters. The maximum atomic E-state index is 12.2. The van der Waals surface area contributed by atoms with Crippen molar-refractivity contribution >= 4 is 6.09 Å². The maximum Gasteiger partial charge on any atom is 0.410 e. The van der Waals surface area contributed by atoms with E-state index in [2.05, 4.69) is 15.5 Å². The van der Waals surface area contributed by atoms with E-state index in [1.54, 1.807) is 16.7 Å². The van der Waals surface area contributed by atoms with Gasteiger partial charge in [0.2, 0.25) is 0 Å². The summed E-state index contributed by atoms with van der Waals surface area (Å²) in [5, 5.41) is 12.2. The summed E-state index contributed by atoms with van der Waals surface area (Å²) in [5.41, 5.74) is 0.409. The Morgan fingerprint density at radius 3 is 2.38 bits per heavy atom. The predicted octanol–water partition coefficient (Wildman–Crippen LogP) is 2.79. The lowest BCUT2D eigenvalue weighted by atomic mass is 9.96. The fourth-order valence-electron chi connectivity index (χ4n) is 3.00. The zero-order chi connectivity index (χ0) is 18.7. The Labute approximate surface area is 153 Å². The zero-order valence-electron chi connectivity index (χ0n) is 15.7. The first-order chi connectivity index (χ1) is 12.4. The SMILES string of the molecule is COc1ccc(-n2nnnc2C2CCN(C(=O)OC(C)(C)C)CC2)cc1. The molecule has 1 aromatic carbocycles. The van der Waals surface area contributed by atoms with Crippen LogP contribution in [0.1, 0.15) is 45.4 Å². The third kappa shape index (κ3) is 4.12. The molecule has 140 valence electrons. The van der Waals surface area contributed by atoms with Crippen LogP contribution < -0.4 is 4.74 Å². The molecule has 0 spiro atoms. The van der Waals surface area contributed by atoms with Gasteiger partial charge in [0.1, 0.15) is 11.4 Å². The number of piperidine rings is 1. The van der Waals surface area contributed by atoms with Crippen LogP contribution in [0.25, 0.3) is 5.69 Å². The Morgan fingerprint density at radius 1 is 1.15 bits per heavy atom. The molecule has 8 nitrogen and oxygen atoms in total. The van der Waals surface area contributed by atoms with E-state index in [0.29, 0.717) is 13.1 Å². The Hall–Kier alpha value is -2.64. The number of carbonyl (C=O) groups is 1. The van der Waals surface area contributed by atoms with E-state index < -0.39 is 5.60 Å². The monoisotopic (exact) mass is 359 g/mol. The van der Waals surface area contributed by atoms with Crippen molar-refractivity contribution in [2.45, 2.75) is 45.1 Å². The third-order valence-corrected chi connectivity index (χ3v) is 4.32. The van der Waals surface area contributed by atoms with E-state index in [9.17, 15) is 4.79 Å². The molecule has 1 aromatic heterocycles. The van der Waals surface area contributed by atoms with Crippen LogP contribution in [0.3, 0.4) is 0 Å². The normalized spacial score (nSPS) is 15.8. The number of carbonyl (C=O) groups excluding carboxylic acids is 1. The van der Waals surface area contributed by atoms with Crippen molar-refractivity contribution in [3.63, 3.8) is 0 Å². The summed E-state index contributed by atoms with van der Waals surface area (Å²) in [7, 11) is 1.63. The molecule has 2 aromatic rings. The molecule has 0 saturated carbocycles. The van der Waals surface area contributed by atoms with Gasteiger partial charge >= 0.3 is 6.09 Å². The summed E-state index contributed by atoms with van der Waals surface area (Å²) < 4.78 is 12.4. The molecule has 1 fully saturated rings. The standard InChI is InChI=1S/C18H25N5O3/c1-18(2,3)26-17(24)22-11-9-13(10-12-22)16-19-20-21-23(16)14-5-7-15(25-4)8-6-14/h5-8,13H,9-12H2,1-4H3. The smallest absolute Gasteiger partial charge is 0.410 e. The van der Waals surface area contributed by atoms with Gasteiger partial charge < -0.3 is 14.4 Å². The van der Waals surface area contributed by atoms with Crippen LogP contribution in [-0.2, 0) is 4.74 Å². The number of hydrogen-bond donors (Lipinski definition) is 0. The fraction of sp³-hybridized carbons (Fsp3) is 0.556. The number of methoxy groups -OCH3 is 1. The molecule has 0 bridgehead atoms. The number of ether oxygens (including phenoxy) is 2. The number of tetrazole rings is 1. The van der Waals surface area contributed by atoms with Crippen molar-refractivity contribution in [1.82, 2.24) is 25.1 Å². The van der Waals surface area contributed by atoms with Crippen molar-refractivity contribution in [3.8, 4) is 11.4 Å². The molecule has 1 saturated heterocycles. The fourth-order valence-corrected chi connectivity index (χ4v) is 3.00. The van der Waals surface area contributed by atoms with Gasteiger partial charge in [-0.3, -0.25) is 0 Å². The lowest BCUT2D eigenvalue weighted by Gasteiger charge is -2.32. The van der Waals surface area contributed by atoms with E-state index in [1.807, 2.05) is 45.0 Å². The quantitative estimate of drug-likeness (QED) is 0.838. The second-order valence-corrected chi connectivity index (χ2v) is 7.39. The van der Waals surface area contributed by atoms with Gasteiger partial charge in [-0.05, 0) is 68.3 Å². The number of hydrogen-bond acceptors (Lipinski definition) is 6. The Bertz CT molecular complexity index is 743. The second kappa shape index (κ2) is 7.31. The van der Waals surface area contributed by atoms with Crippen molar-refractivity contribution in [2.75, 3.05) is 20.2 Å². The minimum atomic E-state index is -0.480. The van der Waals surface area contributed by atoms with Crippen LogP contribution >= 0.6 is 0 Å². The number of amides is 1. The summed E-state index contributed by atoms with van der Waals surface area (Å²) >= 11 is 0. The first-order valence-corrected chi connectivity index (χ1v) is 8.78. The third-order valence-electron chi connectivity index (χ3n) is 4.32. The van der Waals surface area contributed by atoms with Gasteiger partial charge in [0.25, 0.3) is 0 Å². The van der Waals surface area contributed by atoms with Crippen LogP contribution in [0, 0.1) is 0 Å². The van der Waals surface area contributed by atoms with Crippen LogP contribution in [0.15, 0.2) is 24.3 Å². The molecule has 0 N–H and O–H groups in total. The molecule has 2 heterocycles. The molecule has 0 aliphatic carbocycles. The molecule has 3 rings (SSSR count). The molecule has 1 amide bonds. The van der Waals surface area contributed by atoms with E-state index in [0.717, 1.165) is 30.1 Å². The maximum absolute atomic E-state index is 12.2. The van der Waals surface area contributed by atoms with Crippen molar-refractivity contribution < 1.29 is 14.3 Å². The number of likely N-dealkylation sites (tertiary alicyclic amines) is 1. The summed E-state index contributed by atoms with van der Waals surface area (Å²) in [6, 6.07) is 7.61. The van der Waals surface area contributed by atoms with Crippen LogP contribution in [0.2, 0.25) is 0 Å². The zero-order valence-corrected chi connectivity index (χ0v) is 15.7. The summed E-state index contributed by atoms with van der Waals surface area (Å²) in [5.74, 6) is 1.80. The van der Waals surface area contributed by atoms with Gasteiger partial charge in [-0.2, -0.15) is 4.68 Å². The number of nitrogens with zero attached hydrogens (tertiary/aromatic N) is 5. The molecule has 1 aliphatic rings. The predicted molar refractivity (Wildman–Crippen MR) is 95.5 cm³/mol. The number of aromatic nitrogens is 4. The largest absolute Gasteiger partial charge is 0.497 e. The highest BCUT2D eigenvalue weighted by atomic mass is 16.6. The molecule has 0 atom stereocenters. The van der Waals surface area contributed by atoms with Gasteiger partial charge in [-0.25, -0.2) is 4.79 Å².